The van der Waals surface area contributed by atoms with E-state index >= 15 is 0 Å². The van der Waals surface area contributed by atoms with Crippen molar-refractivity contribution in [2.24, 2.45) is 10.8 Å². The minimum Gasteiger partial charge on any atom is -0.345 e. The van der Waals surface area contributed by atoms with Crippen molar-refractivity contribution in [2.45, 2.75) is 46.1 Å². The number of benzene rings is 1. The van der Waals surface area contributed by atoms with Gasteiger partial charge < -0.3 is 10.2 Å². The van der Waals surface area contributed by atoms with Gasteiger partial charge in [0.25, 0.3) is 0 Å². The lowest BCUT2D eigenvalue weighted by atomic mass is 9.65. The number of hydrogen-bond acceptors (Lipinski definition) is 1. The molecule has 4 heteroatoms. The first-order chi connectivity index (χ1) is 9.78. The molecule has 0 spiro atoms. The molecule has 2 atom stereocenters. The summed E-state index contributed by atoms with van der Waals surface area (Å²) in [5, 5.41) is 3.75. The van der Waals surface area contributed by atoms with Gasteiger partial charge in [0.15, 0.2) is 5.11 Å². The van der Waals surface area contributed by atoms with Crippen molar-refractivity contribution in [3.8, 4) is 0 Å². The Labute approximate surface area is 131 Å². The molecule has 1 saturated heterocycles. The number of fused-ring (bicyclic) bond motifs is 2. The van der Waals surface area contributed by atoms with Crippen molar-refractivity contribution >= 4 is 23.0 Å². The summed E-state index contributed by atoms with van der Waals surface area (Å²) in [6, 6.07) is 7.18. The topological polar surface area (TPSA) is 15.3 Å². The number of para-hydroxylation sites is 1. The SMILES string of the molecule is CC1(C)C[C@@H]2C[C@](C)(CN2C(=S)Nc2ccccc2F)C1. The first-order valence-corrected chi connectivity index (χ1v) is 8.01. The molecule has 1 aromatic rings. The van der Waals surface area contributed by atoms with E-state index in [1.807, 2.05) is 6.07 Å². The average Bonchev–Trinajstić information content (AvgIpc) is 2.61. The monoisotopic (exact) mass is 306 g/mol. The van der Waals surface area contributed by atoms with Crippen LogP contribution >= 0.6 is 12.2 Å². The maximum atomic E-state index is 13.8. The number of anilines is 1. The fourth-order valence-electron chi connectivity index (χ4n) is 4.45. The Morgan fingerprint density at radius 2 is 2.00 bits per heavy atom. The van der Waals surface area contributed by atoms with Crippen LogP contribution in [0.3, 0.4) is 0 Å². The Morgan fingerprint density at radius 1 is 1.29 bits per heavy atom. The Bertz CT molecular complexity index is 572. The summed E-state index contributed by atoms with van der Waals surface area (Å²) in [5.74, 6) is -0.256. The van der Waals surface area contributed by atoms with E-state index in [4.69, 9.17) is 12.2 Å². The fourth-order valence-corrected chi connectivity index (χ4v) is 4.77. The average molecular weight is 306 g/mol. The molecule has 2 fully saturated rings. The molecule has 0 unspecified atom stereocenters. The van der Waals surface area contributed by atoms with E-state index in [1.54, 1.807) is 12.1 Å². The van der Waals surface area contributed by atoms with Gasteiger partial charge in [0.1, 0.15) is 5.82 Å². The standard InChI is InChI=1S/C17H23FN2S/c1-16(2)8-12-9-17(3,10-16)11-20(12)15(21)19-14-7-5-4-6-13(14)18/h4-7,12H,8-11H2,1-3H3,(H,19,21)/t12-,17+/m1/s1. The van der Waals surface area contributed by atoms with Gasteiger partial charge in [0.05, 0.1) is 5.69 Å². The molecule has 1 heterocycles. The Balaban J connectivity index is 1.76. The predicted molar refractivity (Wildman–Crippen MR) is 88.9 cm³/mol. The molecule has 0 aromatic heterocycles. The fraction of sp³-hybridized carbons (Fsp3) is 0.588. The highest BCUT2D eigenvalue weighted by atomic mass is 32.1. The van der Waals surface area contributed by atoms with Gasteiger partial charge in [0.2, 0.25) is 0 Å². The van der Waals surface area contributed by atoms with Crippen LogP contribution < -0.4 is 5.32 Å². The lowest BCUT2D eigenvalue weighted by molar-refractivity contribution is 0.132. The molecule has 2 nitrogen and oxygen atoms in total. The number of nitrogens with zero attached hydrogens (tertiary/aromatic N) is 1. The molecule has 1 aliphatic carbocycles. The maximum Gasteiger partial charge on any atom is 0.173 e. The van der Waals surface area contributed by atoms with Gasteiger partial charge in [-0.05, 0) is 54.4 Å². The molecular weight excluding hydrogens is 283 g/mol. The van der Waals surface area contributed by atoms with Crippen molar-refractivity contribution in [3.63, 3.8) is 0 Å². The number of hydrogen-bond donors (Lipinski definition) is 1. The zero-order valence-electron chi connectivity index (χ0n) is 12.9. The second-order valence-corrected chi connectivity index (χ2v) is 8.14. The van der Waals surface area contributed by atoms with Crippen molar-refractivity contribution in [1.82, 2.24) is 4.90 Å². The quantitative estimate of drug-likeness (QED) is 0.773. The molecule has 1 aromatic carbocycles. The first-order valence-electron chi connectivity index (χ1n) is 7.60. The number of nitrogens with one attached hydrogen (secondary N) is 1. The van der Waals surface area contributed by atoms with Gasteiger partial charge in [-0.2, -0.15) is 0 Å². The van der Waals surface area contributed by atoms with Gasteiger partial charge in [-0.25, -0.2) is 4.39 Å². The third-order valence-corrected chi connectivity index (χ3v) is 5.13. The highest BCUT2D eigenvalue weighted by Gasteiger charge is 2.50. The Kier molecular flexibility index (Phi) is 3.47. The molecule has 21 heavy (non-hydrogen) atoms. The maximum absolute atomic E-state index is 13.8. The van der Waals surface area contributed by atoms with Gasteiger partial charge in [0, 0.05) is 12.6 Å². The molecule has 0 radical (unpaired) electrons. The number of likely N-dealkylation sites (tertiary alicyclic amines) is 1. The predicted octanol–water partition coefficient (Wildman–Crippen LogP) is 4.42. The highest BCUT2D eigenvalue weighted by Crippen LogP contribution is 2.52. The van der Waals surface area contributed by atoms with Gasteiger partial charge in [-0.1, -0.05) is 32.9 Å². The number of rotatable bonds is 1. The van der Waals surface area contributed by atoms with Gasteiger partial charge in [-0.15, -0.1) is 0 Å². The van der Waals surface area contributed by atoms with Crippen LogP contribution in [0.25, 0.3) is 0 Å². The smallest absolute Gasteiger partial charge is 0.173 e. The van der Waals surface area contributed by atoms with E-state index in [9.17, 15) is 4.39 Å². The molecule has 1 N–H and O–H groups in total. The van der Waals surface area contributed by atoms with Gasteiger partial charge in [-0.3, -0.25) is 0 Å². The normalized spacial score (nSPS) is 30.3. The van der Waals surface area contributed by atoms with Crippen LogP contribution in [0.5, 0.6) is 0 Å². The Morgan fingerprint density at radius 3 is 2.71 bits per heavy atom. The minimum absolute atomic E-state index is 0.256. The third-order valence-electron chi connectivity index (χ3n) is 4.79. The lowest BCUT2D eigenvalue weighted by Gasteiger charge is -2.39. The van der Waals surface area contributed by atoms with Crippen molar-refractivity contribution in [1.29, 1.82) is 0 Å². The van der Waals surface area contributed by atoms with Crippen LogP contribution in [0.1, 0.15) is 40.0 Å². The summed E-state index contributed by atoms with van der Waals surface area (Å²) in [7, 11) is 0. The molecule has 0 amide bonds. The van der Waals surface area contributed by atoms with E-state index in [0.717, 1.165) is 13.0 Å². The zero-order valence-corrected chi connectivity index (χ0v) is 13.8. The summed E-state index contributed by atoms with van der Waals surface area (Å²) in [5.41, 5.74) is 1.15. The lowest BCUT2D eigenvalue weighted by Crippen LogP contribution is -2.40. The second kappa shape index (κ2) is 4.94. The van der Waals surface area contributed by atoms with E-state index in [0.29, 0.717) is 27.7 Å². The number of halogens is 1. The summed E-state index contributed by atoms with van der Waals surface area (Å²) in [6.07, 6.45) is 3.58. The second-order valence-electron chi connectivity index (χ2n) is 7.75. The van der Waals surface area contributed by atoms with Gasteiger partial charge >= 0.3 is 0 Å². The van der Waals surface area contributed by atoms with E-state index in [2.05, 4.69) is 31.0 Å². The van der Waals surface area contributed by atoms with E-state index in [1.165, 1.54) is 18.9 Å². The van der Waals surface area contributed by atoms with Crippen LogP contribution in [0.15, 0.2) is 24.3 Å². The Hall–Kier alpha value is -1.16. The molecule has 2 bridgehead atoms. The van der Waals surface area contributed by atoms with Crippen molar-refractivity contribution < 1.29 is 4.39 Å². The first kappa shape index (κ1) is 14.8. The summed E-state index contributed by atoms with van der Waals surface area (Å²) >= 11 is 5.55. The molecule has 2 aliphatic rings. The molecule has 1 saturated carbocycles. The summed E-state index contributed by atoms with van der Waals surface area (Å²) in [4.78, 5) is 2.27. The van der Waals surface area contributed by atoms with Crippen LogP contribution in [0.2, 0.25) is 0 Å². The van der Waals surface area contributed by atoms with E-state index in [-0.39, 0.29) is 5.82 Å². The molecule has 3 rings (SSSR count). The van der Waals surface area contributed by atoms with E-state index < -0.39 is 0 Å². The van der Waals surface area contributed by atoms with Crippen LogP contribution in [0.4, 0.5) is 10.1 Å². The van der Waals surface area contributed by atoms with Crippen LogP contribution in [-0.2, 0) is 0 Å². The number of thiocarbonyl (C=S) groups is 1. The van der Waals surface area contributed by atoms with Crippen LogP contribution in [0, 0.1) is 16.6 Å². The summed E-state index contributed by atoms with van der Waals surface area (Å²) < 4.78 is 13.8. The molecule has 114 valence electrons. The van der Waals surface area contributed by atoms with Crippen molar-refractivity contribution in [2.75, 3.05) is 11.9 Å². The minimum atomic E-state index is -0.256. The third kappa shape index (κ3) is 2.91. The van der Waals surface area contributed by atoms with Crippen LogP contribution in [-0.4, -0.2) is 22.6 Å². The zero-order chi connectivity index (χ0) is 15.3. The van der Waals surface area contributed by atoms with Crippen molar-refractivity contribution in [3.05, 3.63) is 30.1 Å². The largest absolute Gasteiger partial charge is 0.345 e. The highest BCUT2D eigenvalue weighted by molar-refractivity contribution is 7.80. The molecular formula is C17H23FN2S. The summed E-state index contributed by atoms with van der Waals surface area (Å²) in [6.45, 7) is 8.01. The molecule has 1 aliphatic heterocycles.